The van der Waals surface area contributed by atoms with Crippen LogP contribution in [0.4, 0.5) is 0 Å². The molecule has 0 fully saturated rings. The number of likely N-dealkylation sites (N-methyl/N-ethyl adjacent to an activating group) is 1. The van der Waals surface area contributed by atoms with Crippen molar-refractivity contribution in [1.82, 2.24) is 10.2 Å². The van der Waals surface area contributed by atoms with Gasteiger partial charge >= 0.3 is 0 Å². The topological polar surface area (TPSA) is 15.3 Å². The first-order valence-corrected chi connectivity index (χ1v) is 3.44. The lowest BCUT2D eigenvalue weighted by molar-refractivity contribution is 0.324. The lowest BCUT2D eigenvalue weighted by Crippen LogP contribution is -2.40. The van der Waals surface area contributed by atoms with E-state index in [4.69, 9.17) is 0 Å². The van der Waals surface area contributed by atoms with E-state index in [1.54, 1.807) is 0 Å². The highest BCUT2D eigenvalue weighted by Gasteiger charge is 2.09. The second-order valence-electron chi connectivity index (χ2n) is 2.49. The van der Waals surface area contributed by atoms with E-state index in [-0.39, 0.29) is 0 Å². The van der Waals surface area contributed by atoms with Gasteiger partial charge in [-0.2, -0.15) is 0 Å². The van der Waals surface area contributed by atoms with Crippen molar-refractivity contribution in [3.8, 4) is 0 Å². The number of nitrogens with one attached hydrogen (secondary N) is 1. The Kier molecular flexibility index (Phi) is 2.11. The quantitative estimate of drug-likeness (QED) is 0.589. The van der Waals surface area contributed by atoms with Crippen LogP contribution in [0.3, 0.4) is 0 Å². The average Bonchev–Trinajstić information content (AvgIpc) is 1.78. The minimum atomic E-state index is 0.606. The zero-order valence-corrected chi connectivity index (χ0v) is 6.09. The molecule has 2 nitrogen and oxygen atoms in total. The monoisotopic (exact) mass is 126 g/mol. The lowest BCUT2D eigenvalue weighted by atomic mass is 10.2. The lowest BCUT2D eigenvalue weighted by Gasteiger charge is -2.25. The first-order chi connectivity index (χ1) is 4.33. The summed E-state index contributed by atoms with van der Waals surface area (Å²) in [4.78, 5) is 2.29. The maximum Gasteiger partial charge on any atom is 0.0582 e. The molecule has 0 aromatic heterocycles. The first-order valence-electron chi connectivity index (χ1n) is 3.44. The molecule has 1 aliphatic heterocycles. The van der Waals surface area contributed by atoms with Crippen molar-refractivity contribution in [3.63, 3.8) is 0 Å². The standard InChI is InChI=1S/C7H14N2/c1-3-9(2)6-7-4-5-8-7/h4-5,7-8H,3,6H2,1-2H3. The van der Waals surface area contributed by atoms with Crippen molar-refractivity contribution < 1.29 is 0 Å². The molecule has 1 N–H and O–H groups in total. The fourth-order valence-corrected chi connectivity index (χ4v) is 0.811. The van der Waals surface area contributed by atoms with E-state index in [1.807, 2.05) is 6.20 Å². The van der Waals surface area contributed by atoms with Crippen LogP contribution in [0.25, 0.3) is 0 Å². The van der Waals surface area contributed by atoms with E-state index in [2.05, 4.69) is 30.3 Å². The molecule has 0 bridgehead atoms. The highest BCUT2D eigenvalue weighted by Crippen LogP contribution is 1.97. The largest absolute Gasteiger partial charge is 0.384 e. The summed E-state index contributed by atoms with van der Waals surface area (Å²) in [5.74, 6) is 0. The summed E-state index contributed by atoms with van der Waals surface area (Å²) in [6, 6.07) is 0.606. The van der Waals surface area contributed by atoms with E-state index in [9.17, 15) is 0 Å². The molecule has 2 heteroatoms. The van der Waals surface area contributed by atoms with Gasteiger partial charge in [0.2, 0.25) is 0 Å². The number of hydrogen-bond acceptors (Lipinski definition) is 2. The molecule has 0 radical (unpaired) electrons. The second-order valence-corrected chi connectivity index (χ2v) is 2.49. The molecule has 1 aliphatic rings. The molecule has 0 saturated carbocycles. The van der Waals surface area contributed by atoms with Gasteiger partial charge in [0.25, 0.3) is 0 Å². The van der Waals surface area contributed by atoms with Gasteiger partial charge in [-0.1, -0.05) is 6.92 Å². The molecular weight excluding hydrogens is 112 g/mol. The van der Waals surface area contributed by atoms with Crippen molar-refractivity contribution in [2.45, 2.75) is 13.0 Å². The molecule has 52 valence electrons. The fraction of sp³-hybridized carbons (Fsp3) is 0.714. The molecule has 0 saturated heterocycles. The molecule has 0 amide bonds. The van der Waals surface area contributed by atoms with Crippen LogP contribution in [0, 0.1) is 0 Å². The van der Waals surface area contributed by atoms with Crippen LogP contribution in [0.5, 0.6) is 0 Å². The second kappa shape index (κ2) is 2.87. The zero-order chi connectivity index (χ0) is 6.69. The van der Waals surface area contributed by atoms with Crippen LogP contribution in [-0.4, -0.2) is 31.1 Å². The number of nitrogens with zero attached hydrogens (tertiary/aromatic N) is 1. The van der Waals surface area contributed by atoms with Crippen molar-refractivity contribution in [2.75, 3.05) is 20.1 Å². The smallest absolute Gasteiger partial charge is 0.0582 e. The van der Waals surface area contributed by atoms with Gasteiger partial charge in [0.1, 0.15) is 0 Å². The van der Waals surface area contributed by atoms with E-state index < -0.39 is 0 Å². The maximum absolute atomic E-state index is 3.19. The third-order valence-corrected chi connectivity index (χ3v) is 1.69. The summed E-state index contributed by atoms with van der Waals surface area (Å²) < 4.78 is 0. The Labute approximate surface area is 56.5 Å². The van der Waals surface area contributed by atoms with Crippen LogP contribution < -0.4 is 5.32 Å². The van der Waals surface area contributed by atoms with Gasteiger partial charge in [-0.25, -0.2) is 0 Å². The van der Waals surface area contributed by atoms with E-state index in [0.717, 1.165) is 13.1 Å². The molecule has 9 heavy (non-hydrogen) atoms. The third kappa shape index (κ3) is 1.72. The van der Waals surface area contributed by atoms with Crippen molar-refractivity contribution in [1.29, 1.82) is 0 Å². The fourth-order valence-electron chi connectivity index (χ4n) is 0.811. The van der Waals surface area contributed by atoms with Crippen molar-refractivity contribution >= 4 is 0 Å². The van der Waals surface area contributed by atoms with E-state index in [1.165, 1.54) is 0 Å². The molecule has 1 rings (SSSR count). The molecule has 0 aromatic carbocycles. The summed E-state index contributed by atoms with van der Waals surface area (Å²) in [6.07, 6.45) is 4.18. The van der Waals surface area contributed by atoms with Crippen molar-refractivity contribution in [2.24, 2.45) is 0 Å². The number of hydrogen-bond donors (Lipinski definition) is 1. The highest BCUT2D eigenvalue weighted by molar-refractivity contribution is 5.05. The first kappa shape index (κ1) is 6.62. The molecule has 1 heterocycles. The van der Waals surface area contributed by atoms with Crippen molar-refractivity contribution in [3.05, 3.63) is 12.3 Å². The minimum absolute atomic E-state index is 0.606. The van der Waals surface area contributed by atoms with Gasteiger partial charge < -0.3 is 10.2 Å². The Balaban J connectivity index is 2.10. The predicted molar refractivity (Wildman–Crippen MR) is 39.2 cm³/mol. The zero-order valence-electron chi connectivity index (χ0n) is 6.09. The highest BCUT2D eigenvalue weighted by atomic mass is 15.1. The molecule has 0 aromatic rings. The Morgan fingerprint density at radius 1 is 1.67 bits per heavy atom. The molecule has 0 aliphatic carbocycles. The minimum Gasteiger partial charge on any atom is -0.384 e. The van der Waals surface area contributed by atoms with Crippen LogP contribution >= 0.6 is 0 Å². The molecule has 1 atom stereocenters. The van der Waals surface area contributed by atoms with Gasteiger partial charge in [-0.15, -0.1) is 0 Å². The predicted octanol–water partition coefficient (Wildman–Crippen LogP) is 0.424. The molecular formula is C7H14N2. The Hall–Kier alpha value is -0.500. The van der Waals surface area contributed by atoms with Crippen LogP contribution in [-0.2, 0) is 0 Å². The summed E-state index contributed by atoms with van der Waals surface area (Å²) in [5.41, 5.74) is 0. The van der Waals surface area contributed by atoms with Gasteiger partial charge in [0, 0.05) is 6.54 Å². The van der Waals surface area contributed by atoms with Gasteiger partial charge in [0.15, 0.2) is 0 Å². The van der Waals surface area contributed by atoms with Gasteiger partial charge in [-0.3, -0.25) is 0 Å². The summed E-state index contributed by atoms with van der Waals surface area (Å²) in [6.45, 7) is 4.43. The summed E-state index contributed by atoms with van der Waals surface area (Å²) >= 11 is 0. The summed E-state index contributed by atoms with van der Waals surface area (Å²) in [5, 5.41) is 3.19. The Morgan fingerprint density at radius 3 is 2.67 bits per heavy atom. The SMILES string of the molecule is CCN(C)CC1C=CN1. The van der Waals surface area contributed by atoms with E-state index >= 15 is 0 Å². The molecule has 1 unspecified atom stereocenters. The third-order valence-electron chi connectivity index (χ3n) is 1.69. The maximum atomic E-state index is 3.19. The Morgan fingerprint density at radius 2 is 2.33 bits per heavy atom. The van der Waals surface area contributed by atoms with Gasteiger partial charge in [0.05, 0.1) is 6.04 Å². The normalized spacial score (nSPS) is 23.7. The van der Waals surface area contributed by atoms with Crippen LogP contribution in [0.2, 0.25) is 0 Å². The van der Waals surface area contributed by atoms with Crippen LogP contribution in [0.1, 0.15) is 6.92 Å². The van der Waals surface area contributed by atoms with Gasteiger partial charge in [-0.05, 0) is 25.9 Å². The van der Waals surface area contributed by atoms with E-state index in [0.29, 0.717) is 6.04 Å². The summed E-state index contributed by atoms with van der Waals surface area (Å²) in [7, 11) is 2.13. The average molecular weight is 126 g/mol. The Bertz CT molecular complexity index is 109. The molecule has 0 spiro atoms. The number of rotatable bonds is 3. The van der Waals surface area contributed by atoms with Crippen LogP contribution in [0.15, 0.2) is 12.3 Å².